The molecule has 0 unspecified atom stereocenters. The Hall–Kier alpha value is -3.99. The molecule has 1 N–H and O–H groups in total. The standard InChI is InChI=1S/C22H17N5O3/c23-13-22(8-9-22)24-19(28)12-21-26-25-20(29-21)11-17-16-10-15(6-7-18(16)30-27-17)14-4-2-1-3-5-14/h1-7,10H,8-9,11-12H2,(H,24,28). The van der Waals surface area contributed by atoms with Crippen molar-refractivity contribution in [3.8, 4) is 17.2 Å². The van der Waals surface area contributed by atoms with Gasteiger partial charge in [-0.05, 0) is 36.1 Å². The van der Waals surface area contributed by atoms with Crippen molar-refractivity contribution in [3.63, 3.8) is 0 Å². The molecule has 1 aliphatic carbocycles. The second-order valence-electron chi connectivity index (χ2n) is 7.39. The number of hydrogen-bond acceptors (Lipinski definition) is 7. The summed E-state index contributed by atoms with van der Waals surface area (Å²) in [5.74, 6) is 0.247. The molecule has 4 aromatic rings. The van der Waals surface area contributed by atoms with Crippen molar-refractivity contribution in [2.24, 2.45) is 0 Å². The molecular formula is C22H17N5O3. The van der Waals surface area contributed by atoms with E-state index < -0.39 is 5.54 Å². The number of aromatic nitrogens is 3. The lowest BCUT2D eigenvalue weighted by atomic mass is 10.0. The van der Waals surface area contributed by atoms with Crippen molar-refractivity contribution in [2.75, 3.05) is 0 Å². The fourth-order valence-corrected chi connectivity index (χ4v) is 3.34. The van der Waals surface area contributed by atoms with Crippen LogP contribution in [0.3, 0.4) is 0 Å². The van der Waals surface area contributed by atoms with Gasteiger partial charge in [-0.15, -0.1) is 10.2 Å². The maximum absolute atomic E-state index is 12.1. The lowest BCUT2D eigenvalue weighted by Gasteiger charge is -2.06. The van der Waals surface area contributed by atoms with Crippen molar-refractivity contribution < 1.29 is 13.7 Å². The average Bonchev–Trinajstić information content (AvgIpc) is 3.22. The maximum atomic E-state index is 12.1. The van der Waals surface area contributed by atoms with E-state index in [1.807, 2.05) is 48.5 Å². The molecule has 8 heteroatoms. The van der Waals surface area contributed by atoms with Crippen molar-refractivity contribution in [3.05, 3.63) is 66.0 Å². The number of nitrogens with one attached hydrogen (secondary N) is 1. The Balaban J connectivity index is 1.32. The zero-order valence-electron chi connectivity index (χ0n) is 16.0. The van der Waals surface area contributed by atoms with Crippen LogP contribution in [0.2, 0.25) is 0 Å². The minimum atomic E-state index is -0.712. The second kappa shape index (κ2) is 7.12. The first-order valence-electron chi connectivity index (χ1n) is 9.61. The van der Waals surface area contributed by atoms with E-state index in [0.717, 1.165) is 16.5 Å². The zero-order chi connectivity index (χ0) is 20.6. The van der Waals surface area contributed by atoms with Crippen LogP contribution < -0.4 is 5.32 Å². The molecule has 2 heterocycles. The second-order valence-corrected chi connectivity index (χ2v) is 7.39. The zero-order valence-corrected chi connectivity index (χ0v) is 16.0. The Morgan fingerprint density at radius 1 is 1.10 bits per heavy atom. The number of amides is 1. The number of nitriles is 1. The van der Waals surface area contributed by atoms with Crippen LogP contribution in [0.1, 0.15) is 30.3 Å². The molecule has 0 saturated heterocycles. The number of nitrogens with zero attached hydrogens (tertiary/aromatic N) is 4. The molecule has 1 aliphatic rings. The Kier molecular flexibility index (Phi) is 4.29. The van der Waals surface area contributed by atoms with E-state index >= 15 is 0 Å². The van der Waals surface area contributed by atoms with Gasteiger partial charge < -0.3 is 14.3 Å². The minimum absolute atomic E-state index is 0.0614. The molecule has 1 amide bonds. The van der Waals surface area contributed by atoms with Crippen molar-refractivity contribution in [1.82, 2.24) is 20.7 Å². The summed E-state index contributed by atoms with van der Waals surface area (Å²) in [6.07, 6.45) is 1.58. The van der Waals surface area contributed by atoms with E-state index in [1.54, 1.807) is 0 Å². The van der Waals surface area contributed by atoms with E-state index in [1.165, 1.54) is 0 Å². The predicted molar refractivity (Wildman–Crippen MR) is 106 cm³/mol. The lowest BCUT2D eigenvalue weighted by Crippen LogP contribution is -2.36. The molecule has 0 radical (unpaired) electrons. The SMILES string of the molecule is N#CC1(NC(=O)Cc2nnc(Cc3noc4ccc(-c5ccccc5)cc34)o2)CC1. The minimum Gasteiger partial charge on any atom is -0.424 e. The van der Waals surface area contributed by atoms with E-state index in [0.29, 0.717) is 36.4 Å². The number of rotatable bonds is 6. The van der Waals surface area contributed by atoms with E-state index in [2.05, 4.69) is 26.7 Å². The highest BCUT2D eigenvalue weighted by atomic mass is 16.5. The molecule has 2 aromatic carbocycles. The van der Waals surface area contributed by atoms with Gasteiger partial charge in [-0.1, -0.05) is 41.6 Å². The fourth-order valence-electron chi connectivity index (χ4n) is 3.34. The highest BCUT2D eigenvalue weighted by Crippen LogP contribution is 2.34. The molecule has 1 saturated carbocycles. The van der Waals surface area contributed by atoms with Gasteiger partial charge >= 0.3 is 0 Å². The number of fused-ring (bicyclic) bond motifs is 1. The molecule has 0 spiro atoms. The first-order chi connectivity index (χ1) is 14.6. The fraction of sp³-hybridized carbons (Fsp3) is 0.227. The van der Waals surface area contributed by atoms with E-state index in [9.17, 15) is 4.79 Å². The summed E-state index contributed by atoms with van der Waals surface area (Å²) < 4.78 is 11.0. The van der Waals surface area contributed by atoms with Crippen LogP contribution in [0.4, 0.5) is 0 Å². The van der Waals surface area contributed by atoms with Crippen LogP contribution >= 0.6 is 0 Å². The van der Waals surface area contributed by atoms with Gasteiger partial charge in [-0.25, -0.2) is 0 Å². The smallest absolute Gasteiger partial charge is 0.230 e. The molecular weight excluding hydrogens is 382 g/mol. The summed E-state index contributed by atoms with van der Waals surface area (Å²) >= 11 is 0. The number of benzene rings is 2. The molecule has 5 rings (SSSR count). The number of carbonyl (C=O) groups excluding carboxylic acids is 1. The highest BCUT2D eigenvalue weighted by molar-refractivity contribution is 5.85. The van der Waals surface area contributed by atoms with E-state index in [-0.39, 0.29) is 18.2 Å². The largest absolute Gasteiger partial charge is 0.424 e. The van der Waals surface area contributed by atoms with E-state index in [4.69, 9.17) is 14.2 Å². The Morgan fingerprint density at radius 2 is 1.90 bits per heavy atom. The molecule has 0 bridgehead atoms. The molecule has 1 fully saturated rings. The third-order valence-electron chi connectivity index (χ3n) is 5.13. The van der Waals surface area contributed by atoms with Gasteiger partial charge in [-0.2, -0.15) is 5.26 Å². The summed E-state index contributed by atoms with van der Waals surface area (Å²) in [6, 6.07) is 18.1. The molecule has 30 heavy (non-hydrogen) atoms. The van der Waals surface area contributed by atoms with Crippen molar-refractivity contribution in [2.45, 2.75) is 31.2 Å². The highest BCUT2D eigenvalue weighted by Gasteiger charge is 2.44. The van der Waals surface area contributed by atoms with Gasteiger partial charge in [0.05, 0.1) is 12.5 Å². The molecule has 0 aliphatic heterocycles. The van der Waals surface area contributed by atoms with Crippen LogP contribution in [0.15, 0.2) is 57.5 Å². The summed E-state index contributed by atoms with van der Waals surface area (Å²) in [5, 5.41) is 24.8. The first kappa shape index (κ1) is 18.1. The van der Waals surface area contributed by atoms with Crippen LogP contribution in [-0.2, 0) is 17.6 Å². The monoisotopic (exact) mass is 399 g/mol. The quantitative estimate of drug-likeness (QED) is 0.529. The Morgan fingerprint density at radius 3 is 2.67 bits per heavy atom. The Labute approximate surface area is 171 Å². The Bertz CT molecular complexity index is 1260. The van der Waals surface area contributed by atoms with Crippen LogP contribution in [-0.4, -0.2) is 26.8 Å². The third-order valence-corrected chi connectivity index (χ3v) is 5.13. The molecule has 2 aromatic heterocycles. The average molecular weight is 399 g/mol. The summed E-state index contributed by atoms with van der Waals surface area (Å²) in [7, 11) is 0. The summed E-state index contributed by atoms with van der Waals surface area (Å²) in [6.45, 7) is 0. The van der Waals surface area contributed by atoms with Crippen LogP contribution in [0.25, 0.3) is 22.1 Å². The van der Waals surface area contributed by atoms with Crippen LogP contribution in [0, 0.1) is 11.3 Å². The van der Waals surface area contributed by atoms with Gasteiger partial charge in [0.2, 0.25) is 17.7 Å². The number of carbonyl (C=O) groups is 1. The van der Waals surface area contributed by atoms with Gasteiger partial charge in [0.25, 0.3) is 0 Å². The normalized spacial score (nSPS) is 14.4. The summed E-state index contributed by atoms with van der Waals surface area (Å²) in [4.78, 5) is 12.1. The van der Waals surface area contributed by atoms with Gasteiger partial charge in [0.15, 0.2) is 5.58 Å². The number of hydrogen-bond donors (Lipinski definition) is 1. The van der Waals surface area contributed by atoms with Crippen LogP contribution in [0.5, 0.6) is 0 Å². The first-order valence-corrected chi connectivity index (χ1v) is 9.61. The van der Waals surface area contributed by atoms with Gasteiger partial charge in [-0.3, -0.25) is 4.79 Å². The topological polar surface area (TPSA) is 118 Å². The predicted octanol–water partition coefficient (Wildman–Crippen LogP) is 3.18. The van der Waals surface area contributed by atoms with Crippen molar-refractivity contribution >= 4 is 16.9 Å². The van der Waals surface area contributed by atoms with Gasteiger partial charge in [0, 0.05) is 5.39 Å². The molecule has 8 nitrogen and oxygen atoms in total. The molecule has 148 valence electrons. The lowest BCUT2D eigenvalue weighted by molar-refractivity contribution is -0.121. The third kappa shape index (κ3) is 3.53. The maximum Gasteiger partial charge on any atom is 0.230 e. The summed E-state index contributed by atoms with van der Waals surface area (Å²) in [5.41, 5.74) is 2.81. The molecule has 0 atom stereocenters. The van der Waals surface area contributed by atoms with Crippen molar-refractivity contribution in [1.29, 1.82) is 5.26 Å². The van der Waals surface area contributed by atoms with Gasteiger partial charge in [0.1, 0.15) is 17.7 Å².